The summed E-state index contributed by atoms with van der Waals surface area (Å²) in [5.74, 6) is 0.424. The SMILES string of the molecule is CC1CC(=O)N(Cc2ncn[nH]2)C(=O)C1. The van der Waals surface area contributed by atoms with Gasteiger partial charge in [-0.25, -0.2) is 4.98 Å². The van der Waals surface area contributed by atoms with Crippen molar-refractivity contribution in [2.75, 3.05) is 0 Å². The number of carbonyl (C=O) groups is 2. The van der Waals surface area contributed by atoms with Gasteiger partial charge in [-0.05, 0) is 5.92 Å². The molecule has 1 fully saturated rings. The number of aromatic amines is 1. The van der Waals surface area contributed by atoms with E-state index in [-0.39, 0.29) is 24.3 Å². The van der Waals surface area contributed by atoms with Crippen molar-refractivity contribution < 1.29 is 9.59 Å². The highest BCUT2D eigenvalue weighted by Gasteiger charge is 2.30. The van der Waals surface area contributed by atoms with Gasteiger partial charge in [0, 0.05) is 12.8 Å². The van der Waals surface area contributed by atoms with E-state index in [4.69, 9.17) is 0 Å². The lowest BCUT2D eigenvalue weighted by Gasteiger charge is -2.27. The van der Waals surface area contributed by atoms with Gasteiger partial charge in [0.05, 0.1) is 6.54 Å². The Bertz CT molecular complexity index is 355. The van der Waals surface area contributed by atoms with E-state index in [0.717, 1.165) is 0 Å². The van der Waals surface area contributed by atoms with Crippen molar-refractivity contribution in [3.63, 3.8) is 0 Å². The van der Waals surface area contributed by atoms with E-state index in [1.807, 2.05) is 6.92 Å². The Morgan fingerprint density at radius 3 is 2.67 bits per heavy atom. The van der Waals surface area contributed by atoms with Crippen LogP contribution in [0, 0.1) is 5.92 Å². The highest BCUT2D eigenvalue weighted by Crippen LogP contribution is 2.19. The Morgan fingerprint density at radius 1 is 1.47 bits per heavy atom. The molecule has 1 aliphatic rings. The molecule has 0 radical (unpaired) electrons. The van der Waals surface area contributed by atoms with Crippen molar-refractivity contribution >= 4 is 11.8 Å². The van der Waals surface area contributed by atoms with Crippen LogP contribution in [0.25, 0.3) is 0 Å². The third-order valence-electron chi connectivity index (χ3n) is 2.42. The second-order valence-corrected chi connectivity index (χ2v) is 3.82. The molecule has 6 heteroatoms. The first-order chi connectivity index (χ1) is 7.16. The molecule has 2 amide bonds. The number of H-pyrrole nitrogens is 1. The van der Waals surface area contributed by atoms with Crippen LogP contribution in [0.4, 0.5) is 0 Å². The molecule has 2 rings (SSSR count). The van der Waals surface area contributed by atoms with Crippen molar-refractivity contribution in [3.8, 4) is 0 Å². The van der Waals surface area contributed by atoms with Gasteiger partial charge in [0.2, 0.25) is 11.8 Å². The molecule has 1 saturated heterocycles. The molecule has 0 aliphatic carbocycles. The van der Waals surface area contributed by atoms with Crippen LogP contribution in [0.2, 0.25) is 0 Å². The highest BCUT2D eigenvalue weighted by atomic mass is 16.2. The van der Waals surface area contributed by atoms with Crippen LogP contribution < -0.4 is 0 Å². The van der Waals surface area contributed by atoms with Crippen LogP contribution >= 0.6 is 0 Å². The van der Waals surface area contributed by atoms with Gasteiger partial charge < -0.3 is 0 Å². The third-order valence-corrected chi connectivity index (χ3v) is 2.42. The smallest absolute Gasteiger partial charge is 0.229 e. The largest absolute Gasteiger partial charge is 0.275 e. The minimum atomic E-state index is -0.129. The summed E-state index contributed by atoms with van der Waals surface area (Å²) in [5.41, 5.74) is 0. The van der Waals surface area contributed by atoms with Crippen LogP contribution in [0.15, 0.2) is 6.33 Å². The molecule has 0 aromatic carbocycles. The Hall–Kier alpha value is -1.72. The summed E-state index contributed by atoms with van der Waals surface area (Å²) in [6.45, 7) is 2.10. The van der Waals surface area contributed by atoms with E-state index in [1.165, 1.54) is 11.2 Å². The molecule has 6 nitrogen and oxygen atoms in total. The van der Waals surface area contributed by atoms with E-state index in [0.29, 0.717) is 18.7 Å². The lowest BCUT2D eigenvalue weighted by atomic mass is 9.98. The Morgan fingerprint density at radius 2 is 2.13 bits per heavy atom. The number of aromatic nitrogens is 3. The molecule has 1 aromatic heterocycles. The zero-order valence-corrected chi connectivity index (χ0v) is 8.43. The van der Waals surface area contributed by atoms with Crippen molar-refractivity contribution in [1.29, 1.82) is 0 Å². The van der Waals surface area contributed by atoms with E-state index in [9.17, 15) is 9.59 Å². The highest BCUT2D eigenvalue weighted by molar-refractivity contribution is 5.97. The minimum Gasteiger partial charge on any atom is -0.275 e. The maximum absolute atomic E-state index is 11.6. The number of hydrogen-bond donors (Lipinski definition) is 1. The second kappa shape index (κ2) is 3.80. The molecular formula is C9H12N4O2. The maximum Gasteiger partial charge on any atom is 0.229 e. The van der Waals surface area contributed by atoms with Crippen LogP contribution in [0.1, 0.15) is 25.6 Å². The van der Waals surface area contributed by atoms with Crippen LogP contribution in [-0.2, 0) is 16.1 Å². The number of piperidine rings is 1. The summed E-state index contributed by atoms with van der Waals surface area (Å²) in [5, 5.41) is 6.30. The number of hydrogen-bond acceptors (Lipinski definition) is 4. The van der Waals surface area contributed by atoms with Gasteiger partial charge >= 0.3 is 0 Å². The quantitative estimate of drug-likeness (QED) is 0.698. The number of carbonyl (C=O) groups excluding carboxylic acids is 2. The monoisotopic (exact) mass is 208 g/mol. The Kier molecular flexibility index (Phi) is 2.49. The number of rotatable bonds is 2. The zero-order valence-electron chi connectivity index (χ0n) is 8.43. The average molecular weight is 208 g/mol. The first kappa shape index (κ1) is 9.82. The maximum atomic E-state index is 11.6. The number of nitrogens with one attached hydrogen (secondary N) is 1. The summed E-state index contributed by atoms with van der Waals surface area (Å²) in [7, 11) is 0. The van der Waals surface area contributed by atoms with Crippen molar-refractivity contribution in [3.05, 3.63) is 12.2 Å². The lowest BCUT2D eigenvalue weighted by molar-refractivity contribution is -0.150. The third kappa shape index (κ3) is 2.03. The molecule has 1 aromatic rings. The standard InChI is InChI=1S/C9H12N4O2/c1-6-2-8(14)13(9(15)3-6)4-7-10-5-11-12-7/h5-6H,2-4H2,1H3,(H,10,11,12). The fourth-order valence-electron chi connectivity index (χ4n) is 1.66. The predicted molar refractivity (Wildman–Crippen MR) is 50.3 cm³/mol. The Balaban J connectivity index is 2.08. The molecule has 0 unspecified atom stereocenters. The molecule has 0 bridgehead atoms. The number of nitrogens with zero attached hydrogens (tertiary/aromatic N) is 3. The Labute approximate surface area is 86.7 Å². The van der Waals surface area contributed by atoms with Crippen molar-refractivity contribution in [2.24, 2.45) is 5.92 Å². The predicted octanol–water partition coefficient (Wildman–Crippen LogP) is 0.0898. The van der Waals surface area contributed by atoms with E-state index in [1.54, 1.807) is 0 Å². The molecule has 15 heavy (non-hydrogen) atoms. The first-order valence-corrected chi connectivity index (χ1v) is 4.84. The molecule has 1 N–H and O–H groups in total. The normalized spacial score (nSPS) is 18.6. The number of likely N-dealkylation sites (tertiary alicyclic amines) is 1. The molecule has 2 heterocycles. The van der Waals surface area contributed by atoms with E-state index < -0.39 is 0 Å². The second-order valence-electron chi connectivity index (χ2n) is 3.82. The van der Waals surface area contributed by atoms with Gasteiger partial charge in [0.15, 0.2) is 0 Å². The van der Waals surface area contributed by atoms with Gasteiger partial charge in [-0.2, -0.15) is 5.10 Å². The molecule has 1 aliphatic heterocycles. The van der Waals surface area contributed by atoms with Gasteiger partial charge in [-0.3, -0.25) is 19.6 Å². The summed E-state index contributed by atoms with van der Waals surface area (Å²) < 4.78 is 0. The van der Waals surface area contributed by atoms with Crippen LogP contribution in [0.3, 0.4) is 0 Å². The molecule has 0 atom stereocenters. The first-order valence-electron chi connectivity index (χ1n) is 4.84. The summed E-state index contributed by atoms with van der Waals surface area (Å²) in [6.07, 6.45) is 2.22. The fraction of sp³-hybridized carbons (Fsp3) is 0.556. The van der Waals surface area contributed by atoms with Gasteiger partial charge in [-0.15, -0.1) is 0 Å². The minimum absolute atomic E-state index is 0.129. The topological polar surface area (TPSA) is 79.0 Å². The van der Waals surface area contributed by atoms with Gasteiger partial charge in [0.1, 0.15) is 12.2 Å². The molecular weight excluding hydrogens is 196 g/mol. The summed E-state index contributed by atoms with van der Waals surface area (Å²) in [6, 6.07) is 0. The molecule has 80 valence electrons. The van der Waals surface area contributed by atoms with Crippen molar-refractivity contribution in [1.82, 2.24) is 20.1 Å². The average Bonchev–Trinajstić information content (AvgIpc) is 2.63. The number of amides is 2. The van der Waals surface area contributed by atoms with Crippen molar-refractivity contribution in [2.45, 2.75) is 26.3 Å². The molecule has 0 saturated carbocycles. The lowest BCUT2D eigenvalue weighted by Crippen LogP contribution is -2.42. The fourth-order valence-corrected chi connectivity index (χ4v) is 1.66. The summed E-state index contributed by atoms with van der Waals surface area (Å²) in [4.78, 5) is 28.3. The van der Waals surface area contributed by atoms with Gasteiger partial charge in [-0.1, -0.05) is 6.92 Å². The number of imide groups is 1. The zero-order chi connectivity index (χ0) is 10.8. The van der Waals surface area contributed by atoms with E-state index >= 15 is 0 Å². The molecule has 0 spiro atoms. The summed E-state index contributed by atoms with van der Waals surface area (Å²) >= 11 is 0. The van der Waals surface area contributed by atoms with E-state index in [2.05, 4.69) is 15.2 Å². The van der Waals surface area contributed by atoms with Crippen LogP contribution in [0.5, 0.6) is 0 Å². The van der Waals surface area contributed by atoms with Crippen LogP contribution in [-0.4, -0.2) is 31.9 Å². The van der Waals surface area contributed by atoms with Gasteiger partial charge in [0.25, 0.3) is 0 Å².